The van der Waals surface area contributed by atoms with Crippen LogP contribution in [0.4, 0.5) is 0 Å². The quantitative estimate of drug-likeness (QED) is 0.367. The Kier molecular flexibility index (Phi) is 5.71. The van der Waals surface area contributed by atoms with Crippen LogP contribution in [-0.2, 0) is 26.6 Å². The molecule has 8 heteroatoms. The van der Waals surface area contributed by atoms with Gasteiger partial charge < -0.3 is 23.6 Å². The molecule has 3 atom stereocenters. The van der Waals surface area contributed by atoms with Gasteiger partial charge in [0.1, 0.15) is 29.4 Å². The lowest BCUT2D eigenvalue weighted by molar-refractivity contribution is -0.924. The Labute approximate surface area is 231 Å². The zero-order valence-corrected chi connectivity index (χ0v) is 23.0. The molecule has 1 saturated heterocycles. The van der Waals surface area contributed by atoms with Crippen molar-refractivity contribution < 1.29 is 14.4 Å². The van der Waals surface area contributed by atoms with E-state index in [-0.39, 0.29) is 22.7 Å². The maximum atomic E-state index is 14.1. The van der Waals surface area contributed by atoms with Crippen molar-refractivity contribution in [3.63, 3.8) is 0 Å². The molecular weight excluding hydrogens is 504 g/mol. The van der Waals surface area contributed by atoms with Crippen LogP contribution in [0.1, 0.15) is 41.8 Å². The second-order valence-corrected chi connectivity index (χ2v) is 11.5. The van der Waals surface area contributed by atoms with Crippen LogP contribution < -0.4 is 15.9 Å². The van der Waals surface area contributed by atoms with Gasteiger partial charge in [-0.2, -0.15) is 0 Å². The van der Waals surface area contributed by atoms with E-state index in [1.54, 1.807) is 19.1 Å². The number of aromatic nitrogens is 3. The van der Waals surface area contributed by atoms with Crippen molar-refractivity contribution in [2.75, 3.05) is 13.1 Å². The standard InChI is InChI=1S/C32H32N4O4/c1-4-20-13-22-30(39)28(32-33-24-8-5-6-9-26(24)34(32)3)18(2)40-31(22)23(29(20)38)17-35-14-19-12-21(16-35)25-10-7-11-27(37)36(25)15-19/h5-11,13,19,21,38H,4,12,14-17H2,1-3H3/p+1/t19-,21+/m0/s1. The number of aryl methyl sites for hydroxylation is 3. The number of hydrogen-bond donors (Lipinski definition) is 2. The van der Waals surface area contributed by atoms with Crippen LogP contribution in [0.15, 0.2) is 62.5 Å². The van der Waals surface area contributed by atoms with Crippen molar-refractivity contribution in [2.45, 2.75) is 45.7 Å². The van der Waals surface area contributed by atoms with Crippen LogP contribution in [-0.4, -0.2) is 32.3 Å². The van der Waals surface area contributed by atoms with Gasteiger partial charge >= 0.3 is 0 Å². The first kappa shape index (κ1) is 24.8. The minimum Gasteiger partial charge on any atom is -0.507 e. The number of quaternary nitrogens is 1. The summed E-state index contributed by atoms with van der Waals surface area (Å²) < 4.78 is 10.3. The Balaban J connectivity index is 1.33. The van der Waals surface area contributed by atoms with Gasteiger partial charge in [-0.3, -0.25) is 9.59 Å². The number of aromatic hydroxyl groups is 1. The van der Waals surface area contributed by atoms with Crippen molar-refractivity contribution in [1.29, 1.82) is 0 Å². The SMILES string of the molecule is CCc1cc2c(=O)c(-c3nc4ccccc4n3C)c(C)oc2c(C[NH+]2C[C@@H]3C[C@H](C2)c2cccc(=O)n2C3)c1O. The molecule has 2 aliphatic rings. The summed E-state index contributed by atoms with van der Waals surface area (Å²) in [6.45, 7) is 6.82. The second-order valence-electron chi connectivity index (χ2n) is 11.5. The average Bonchev–Trinajstić information content (AvgIpc) is 3.27. The molecule has 0 aliphatic carbocycles. The maximum absolute atomic E-state index is 14.1. The topological polar surface area (TPSA) is 94.7 Å². The number of nitrogens with one attached hydrogen (secondary N) is 1. The first-order valence-electron chi connectivity index (χ1n) is 14.1. The highest BCUT2D eigenvalue weighted by atomic mass is 16.3. The molecule has 7 rings (SSSR count). The van der Waals surface area contributed by atoms with Crippen molar-refractivity contribution in [2.24, 2.45) is 13.0 Å². The lowest BCUT2D eigenvalue weighted by Gasteiger charge is -2.40. The van der Waals surface area contributed by atoms with E-state index >= 15 is 0 Å². The minimum absolute atomic E-state index is 0.0728. The van der Waals surface area contributed by atoms with Crippen LogP contribution in [0.3, 0.4) is 0 Å². The van der Waals surface area contributed by atoms with Gasteiger partial charge in [0.15, 0.2) is 5.58 Å². The van der Waals surface area contributed by atoms with E-state index < -0.39 is 0 Å². The summed E-state index contributed by atoms with van der Waals surface area (Å²) in [6, 6.07) is 15.2. The summed E-state index contributed by atoms with van der Waals surface area (Å²) in [7, 11) is 1.91. The summed E-state index contributed by atoms with van der Waals surface area (Å²) in [5.74, 6) is 1.96. The molecule has 0 saturated carbocycles. The number of nitrogens with zero attached hydrogens (tertiary/aromatic N) is 3. The molecule has 0 amide bonds. The summed E-state index contributed by atoms with van der Waals surface area (Å²) in [6.07, 6.45) is 1.67. The molecule has 5 aromatic rings. The van der Waals surface area contributed by atoms with E-state index in [2.05, 4.69) is 6.07 Å². The number of likely N-dealkylation sites (tertiary alicyclic amines) is 1. The molecule has 0 spiro atoms. The van der Waals surface area contributed by atoms with E-state index in [4.69, 9.17) is 9.40 Å². The van der Waals surface area contributed by atoms with Crippen LogP contribution in [0.5, 0.6) is 5.75 Å². The summed E-state index contributed by atoms with van der Waals surface area (Å²) >= 11 is 0. The molecule has 5 heterocycles. The van der Waals surface area contributed by atoms with E-state index in [0.29, 0.717) is 52.6 Å². The fraction of sp³-hybridized carbons (Fsp3) is 0.344. The van der Waals surface area contributed by atoms with Gasteiger partial charge in [0.05, 0.1) is 35.1 Å². The number of rotatable bonds is 4. The molecule has 2 N–H and O–H groups in total. The smallest absolute Gasteiger partial charge is 0.250 e. The Morgan fingerprint density at radius 2 is 1.95 bits per heavy atom. The van der Waals surface area contributed by atoms with Gasteiger partial charge in [-0.1, -0.05) is 25.1 Å². The molecule has 0 radical (unpaired) electrons. The number of imidazole rings is 1. The highest BCUT2D eigenvalue weighted by molar-refractivity contribution is 5.88. The molecule has 3 aromatic heterocycles. The van der Waals surface area contributed by atoms with E-state index in [0.717, 1.165) is 48.3 Å². The normalized spacial score (nSPS) is 20.2. The molecule has 2 aromatic carbocycles. The van der Waals surface area contributed by atoms with E-state index in [1.165, 1.54) is 4.90 Å². The second kappa shape index (κ2) is 9.20. The lowest BCUT2D eigenvalue weighted by Crippen LogP contribution is -3.13. The molecule has 8 nitrogen and oxygen atoms in total. The molecule has 1 unspecified atom stereocenters. The zero-order valence-electron chi connectivity index (χ0n) is 23.0. The molecule has 2 bridgehead atoms. The number of hydrogen-bond acceptors (Lipinski definition) is 5. The van der Waals surface area contributed by atoms with E-state index in [1.807, 2.05) is 53.4 Å². The molecule has 1 fully saturated rings. The number of benzene rings is 2. The van der Waals surface area contributed by atoms with Crippen LogP contribution >= 0.6 is 0 Å². The zero-order chi connectivity index (χ0) is 27.7. The maximum Gasteiger partial charge on any atom is 0.250 e. The van der Waals surface area contributed by atoms with E-state index in [9.17, 15) is 14.7 Å². The highest BCUT2D eigenvalue weighted by Crippen LogP contribution is 2.35. The van der Waals surface area contributed by atoms with Crippen molar-refractivity contribution in [3.8, 4) is 17.1 Å². The average molecular weight is 538 g/mol. The Hall–Kier alpha value is -4.17. The summed E-state index contributed by atoms with van der Waals surface area (Å²) in [5.41, 5.74) is 5.14. The van der Waals surface area contributed by atoms with Crippen LogP contribution in [0.25, 0.3) is 33.4 Å². The van der Waals surface area contributed by atoms with Crippen LogP contribution in [0, 0.1) is 12.8 Å². The molecule has 2 aliphatic heterocycles. The first-order chi connectivity index (χ1) is 19.3. The fourth-order valence-electron chi connectivity index (χ4n) is 7.13. The largest absolute Gasteiger partial charge is 0.507 e. The third-order valence-corrected chi connectivity index (χ3v) is 9.00. The highest BCUT2D eigenvalue weighted by Gasteiger charge is 2.38. The van der Waals surface area contributed by atoms with Gasteiger partial charge in [-0.25, -0.2) is 4.98 Å². The molecular formula is C32H33N4O4+. The molecule has 204 valence electrons. The van der Waals surface area contributed by atoms with Gasteiger partial charge in [0.2, 0.25) is 5.43 Å². The lowest BCUT2D eigenvalue weighted by atomic mass is 9.83. The Morgan fingerprint density at radius 1 is 1.12 bits per heavy atom. The number of piperidine rings is 1. The predicted octanol–water partition coefficient (Wildman–Crippen LogP) is 3.29. The van der Waals surface area contributed by atoms with Crippen molar-refractivity contribution in [3.05, 3.63) is 91.7 Å². The number of fused-ring (bicyclic) bond motifs is 6. The van der Waals surface area contributed by atoms with Crippen molar-refractivity contribution >= 4 is 22.0 Å². The summed E-state index contributed by atoms with van der Waals surface area (Å²) in [4.78, 5) is 32.7. The van der Waals surface area contributed by atoms with Crippen LogP contribution in [0.2, 0.25) is 0 Å². The fourth-order valence-corrected chi connectivity index (χ4v) is 7.13. The molecule has 40 heavy (non-hydrogen) atoms. The number of phenolic OH excluding ortho intramolecular Hbond substituents is 1. The first-order valence-corrected chi connectivity index (χ1v) is 14.1. The predicted molar refractivity (Wildman–Crippen MR) is 154 cm³/mol. The van der Waals surface area contributed by atoms with Gasteiger partial charge in [0.25, 0.3) is 5.56 Å². The third kappa shape index (κ3) is 3.73. The Bertz CT molecular complexity index is 1930. The number of para-hydroxylation sites is 2. The van der Waals surface area contributed by atoms with Gasteiger partial charge in [-0.15, -0.1) is 0 Å². The Morgan fingerprint density at radius 3 is 2.75 bits per heavy atom. The van der Waals surface area contributed by atoms with Crippen molar-refractivity contribution in [1.82, 2.24) is 14.1 Å². The number of phenols is 1. The van der Waals surface area contributed by atoms with Gasteiger partial charge in [-0.05, 0) is 49.6 Å². The monoisotopic (exact) mass is 537 g/mol. The third-order valence-electron chi connectivity index (χ3n) is 9.00. The summed E-state index contributed by atoms with van der Waals surface area (Å²) in [5, 5.41) is 11.9. The minimum atomic E-state index is -0.132. The van der Waals surface area contributed by atoms with Gasteiger partial charge in [0, 0.05) is 37.2 Å². The number of pyridine rings is 1.